The minimum Gasteiger partial charge on any atom is -0.399 e. The summed E-state index contributed by atoms with van der Waals surface area (Å²) < 4.78 is 12.0. The molecule has 1 fully saturated rings. The lowest BCUT2D eigenvalue weighted by atomic mass is 9.79. The van der Waals surface area contributed by atoms with Crippen LogP contribution in [0, 0.1) is 6.92 Å². The molecule has 0 spiro atoms. The minimum atomic E-state index is -0.624. The SMILES string of the molecule is CCC(O)c1ncc(B2OC(C)(C)C(C)(C)O2)c(C)n1. The second-order valence-corrected chi connectivity index (χ2v) is 6.28. The molecule has 0 amide bonds. The van der Waals surface area contributed by atoms with Gasteiger partial charge in [0.05, 0.1) is 11.2 Å². The number of nitrogens with zero attached hydrogens (tertiary/aromatic N) is 2. The van der Waals surface area contributed by atoms with Gasteiger partial charge in [-0.05, 0) is 41.0 Å². The monoisotopic (exact) mass is 278 g/mol. The normalized spacial score (nSPS) is 22.1. The third kappa shape index (κ3) is 2.60. The van der Waals surface area contributed by atoms with Crippen LogP contribution in [0.15, 0.2) is 6.20 Å². The summed E-state index contributed by atoms with van der Waals surface area (Å²) >= 11 is 0. The molecular formula is C14H23BN2O3. The van der Waals surface area contributed by atoms with Gasteiger partial charge in [0.15, 0.2) is 5.82 Å². The van der Waals surface area contributed by atoms with E-state index in [1.807, 2.05) is 41.5 Å². The van der Waals surface area contributed by atoms with Crippen LogP contribution >= 0.6 is 0 Å². The number of hydrogen-bond acceptors (Lipinski definition) is 5. The van der Waals surface area contributed by atoms with Crippen molar-refractivity contribution < 1.29 is 14.4 Å². The minimum absolute atomic E-state index is 0.383. The second kappa shape index (κ2) is 5.09. The van der Waals surface area contributed by atoms with Crippen molar-refractivity contribution in [1.82, 2.24) is 9.97 Å². The first kappa shape index (κ1) is 15.4. The van der Waals surface area contributed by atoms with E-state index in [1.165, 1.54) is 0 Å². The highest BCUT2D eigenvalue weighted by Gasteiger charge is 2.52. The van der Waals surface area contributed by atoms with E-state index in [1.54, 1.807) is 6.20 Å². The highest BCUT2D eigenvalue weighted by molar-refractivity contribution is 6.62. The summed E-state index contributed by atoms with van der Waals surface area (Å²) in [6, 6.07) is 0. The molecule has 1 aromatic heterocycles. The van der Waals surface area contributed by atoms with Gasteiger partial charge in [0.2, 0.25) is 0 Å². The molecule has 1 aliphatic rings. The summed E-state index contributed by atoms with van der Waals surface area (Å²) in [5.74, 6) is 0.449. The summed E-state index contributed by atoms with van der Waals surface area (Å²) in [4.78, 5) is 8.59. The topological polar surface area (TPSA) is 64.5 Å². The molecular weight excluding hydrogens is 255 g/mol. The molecule has 1 saturated heterocycles. The van der Waals surface area contributed by atoms with Crippen molar-refractivity contribution in [2.45, 2.75) is 65.3 Å². The highest BCUT2D eigenvalue weighted by Crippen LogP contribution is 2.36. The van der Waals surface area contributed by atoms with E-state index in [2.05, 4.69) is 9.97 Å². The van der Waals surface area contributed by atoms with Gasteiger partial charge in [-0.2, -0.15) is 0 Å². The molecule has 1 N–H and O–H groups in total. The molecule has 1 aromatic rings. The molecule has 0 aliphatic carbocycles. The Hall–Kier alpha value is -0.975. The van der Waals surface area contributed by atoms with Gasteiger partial charge in [-0.1, -0.05) is 6.92 Å². The van der Waals surface area contributed by atoms with E-state index in [4.69, 9.17) is 9.31 Å². The number of aromatic nitrogens is 2. The molecule has 20 heavy (non-hydrogen) atoms. The van der Waals surface area contributed by atoms with Crippen LogP contribution in [0.25, 0.3) is 0 Å². The fraction of sp³-hybridized carbons (Fsp3) is 0.714. The molecule has 2 heterocycles. The smallest absolute Gasteiger partial charge is 0.399 e. The first-order valence-corrected chi connectivity index (χ1v) is 7.05. The maximum atomic E-state index is 9.79. The zero-order valence-electron chi connectivity index (χ0n) is 13.1. The molecule has 1 unspecified atom stereocenters. The first-order valence-electron chi connectivity index (χ1n) is 7.05. The van der Waals surface area contributed by atoms with E-state index >= 15 is 0 Å². The number of rotatable bonds is 3. The van der Waals surface area contributed by atoms with Gasteiger partial charge in [-0.15, -0.1) is 0 Å². The predicted octanol–water partition coefficient (Wildman–Crippen LogP) is 1.53. The van der Waals surface area contributed by atoms with E-state index in [-0.39, 0.29) is 11.2 Å². The number of hydrogen-bond donors (Lipinski definition) is 1. The summed E-state index contributed by atoms with van der Waals surface area (Å²) in [7, 11) is -0.465. The molecule has 0 saturated carbocycles. The zero-order valence-corrected chi connectivity index (χ0v) is 13.1. The summed E-state index contributed by atoms with van der Waals surface area (Å²) in [6.07, 6.45) is 1.66. The lowest BCUT2D eigenvalue weighted by Crippen LogP contribution is -2.41. The van der Waals surface area contributed by atoms with Crippen LogP contribution in [0.5, 0.6) is 0 Å². The molecule has 5 nitrogen and oxygen atoms in total. The van der Waals surface area contributed by atoms with Crippen LogP contribution < -0.4 is 5.46 Å². The highest BCUT2D eigenvalue weighted by atomic mass is 16.7. The van der Waals surface area contributed by atoms with Crippen LogP contribution in [0.1, 0.15) is 58.7 Å². The number of aliphatic hydroxyl groups excluding tert-OH is 1. The Morgan fingerprint density at radius 1 is 1.25 bits per heavy atom. The average molecular weight is 278 g/mol. The van der Waals surface area contributed by atoms with Gasteiger partial charge < -0.3 is 14.4 Å². The molecule has 0 radical (unpaired) electrons. The molecule has 6 heteroatoms. The Bertz CT molecular complexity index is 489. The lowest BCUT2D eigenvalue weighted by Gasteiger charge is -2.32. The summed E-state index contributed by atoms with van der Waals surface area (Å²) in [5, 5.41) is 9.79. The van der Waals surface area contributed by atoms with Crippen molar-refractivity contribution in [3.05, 3.63) is 17.7 Å². The largest absolute Gasteiger partial charge is 0.498 e. The average Bonchev–Trinajstić information content (AvgIpc) is 2.57. The van der Waals surface area contributed by atoms with Crippen molar-refractivity contribution >= 4 is 12.6 Å². The molecule has 110 valence electrons. The van der Waals surface area contributed by atoms with Gasteiger partial charge in [0, 0.05) is 17.4 Å². The van der Waals surface area contributed by atoms with E-state index in [0.29, 0.717) is 12.2 Å². The molecule has 1 atom stereocenters. The van der Waals surface area contributed by atoms with Crippen LogP contribution in [-0.2, 0) is 9.31 Å². The van der Waals surface area contributed by atoms with E-state index in [0.717, 1.165) is 11.2 Å². The fourth-order valence-electron chi connectivity index (χ4n) is 2.04. The lowest BCUT2D eigenvalue weighted by molar-refractivity contribution is 0.00578. The van der Waals surface area contributed by atoms with Crippen LogP contribution in [0.3, 0.4) is 0 Å². The third-order valence-corrected chi connectivity index (χ3v) is 4.23. The predicted molar refractivity (Wildman–Crippen MR) is 77.7 cm³/mol. The Morgan fingerprint density at radius 2 is 1.80 bits per heavy atom. The van der Waals surface area contributed by atoms with Gasteiger partial charge in [0.25, 0.3) is 0 Å². The van der Waals surface area contributed by atoms with Crippen LogP contribution in [-0.4, -0.2) is 33.4 Å². The van der Waals surface area contributed by atoms with Crippen molar-refractivity contribution in [2.24, 2.45) is 0 Å². The van der Waals surface area contributed by atoms with Gasteiger partial charge in [0.1, 0.15) is 6.10 Å². The van der Waals surface area contributed by atoms with Gasteiger partial charge in [-0.3, -0.25) is 0 Å². The quantitative estimate of drug-likeness (QED) is 0.849. The first-order chi connectivity index (χ1) is 9.18. The zero-order chi connectivity index (χ0) is 15.1. The van der Waals surface area contributed by atoms with E-state index in [9.17, 15) is 5.11 Å². The molecule has 1 aliphatic heterocycles. The maximum absolute atomic E-state index is 9.79. The van der Waals surface area contributed by atoms with Gasteiger partial charge >= 0.3 is 7.12 Å². The van der Waals surface area contributed by atoms with Crippen molar-refractivity contribution in [1.29, 1.82) is 0 Å². The number of aliphatic hydroxyl groups is 1. The fourth-order valence-corrected chi connectivity index (χ4v) is 2.04. The van der Waals surface area contributed by atoms with Crippen molar-refractivity contribution in [2.75, 3.05) is 0 Å². The molecule has 0 aromatic carbocycles. The van der Waals surface area contributed by atoms with Crippen LogP contribution in [0.4, 0.5) is 0 Å². The summed E-state index contributed by atoms with van der Waals surface area (Å²) in [6.45, 7) is 11.8. The van der Waals surface area contributed by atoms with E-state index < -0.39 is 13.2 Å². The summed E-state index contributed by atoms with van der Waals surface area (Å²) in [5.41, 5.74) is 0.828. The second-order valence-electron chi connectivity index (χ2n) is 6.28. The maximum Gasteiger partial charge on any atom is 0.498 e. The van der Waals surface area contributed by atoms with Crippen LogP contribution in [0.2, 0.25) is 0 Å². The Labute approximate surface area is 120 Å². The molecule has 2 rings (SSSR count). The van der Waals surface area contributed by atoms with Crippen molar-refractivity contribution in [3.63, 3.8) is 0 Å². The Kier molecular flexibility index (Phi) is 3.93. The number of aryl methyl sites for hydroxylation is 1. The Balaban J connectivity index is 2.28. The third-order valence-electron chi connectivity index (χ3n) is 4.23. The standard InChI is InChI=1S/C14H23BN2O3/c1-7-11(18)12-16-8-10(9(2)17-12)15-19-13(3,4)14(5,6)20-15/h8,11,18H,7H2,1-6H3. The molecule has 0 bridgehead atoms. The van der Waals surface area contributed by atoms with Crippen molar-refractivity contribution in [3.8, 4) is 0 Å². The van der Waals surface area contributed by atoms with Gasteiger partial charge in [-0.25, -0.2) is 9.97 Å². The Morgan fingerprint density at radius 3 is 2.25 bits per heavy atom.